The molecule has 1 aromatic carbocycles. The fourth-order valence-electron chi connectivity index (χ4n) is 4.19. The Bertz CT molecular complexity index is 887. The van der Waals surface area contributed by atoms with Crippen LogP contribution in [0.2, 0.25) is 0 Å². The van der Waals surface area contributed by atoms with Gasteiger partial charge in [0, 0.05) is 25.3 Å². The summed E-state index contributed by atoms with van der Waals surface area (Å²) in [5.41, 5.74) is 2.08. The van der Waals surface area contributed by atoms with Crippen LogP contribution in [0.15, 0.2) is 23.2 Å². The Kier molecular flexibility index (Phi) is 6.10. The molecule has 0 aromatic heterocycles. The number of amides is 3. The number of nitrogens with zero attached hydrogens (tertiary/aromatic N) is 3. The zero-order valence-corrected chi connectivity index (χ0v) is 16.9. The van der Waals surface area contributed by atoms with Crippen LogP contribution in [0, 0.1) is 0 Å². The maximum atomic E-state index is 12.4. The number of aliphatic hydroxyl groups excluding tert-OH is 4. The van der Waals surface area contributed by atoms with Crippen LogP contribution >= 0.6 is 0 Å². The molecular formula is C20H27N5O6. The zero-order valence-electron chi connectivity index (χ0n) is 16.9. The molecule has 0 radical (unpaired) electrons. The van der Waals surface area contributed by atoms with Gasteiger partial charge in [-0.3, -0.25) is 10.1 Å². The van der Waals surface area contributed by atoms with Crippen molar-refractivity contribution in [1.29, 1.82) is 0 Å². The fourth-order valence-corrected chi connectivity index (χ4v) is 4.19. The summed E-state index contributed by atoms with van der Waals surface area (Å²) in [6, 6.07) is 4.90. The highest BCUT2D eigenvalue weighted by atomic mass is 16.4. The van der Waals surface area contributed by atoms with Crippen LogP contribution in [-0.2, 0) is 4.79 Å². The average Bonchev–Trinajstić information content (AvgIpc) is 2.78. The Morgan fingerprint density at radius 1 is 1.10 bits per heavy atom. The van der Waals surface area contributed by atoms with Crippen molar-refractivity contribution in [3.05, 3.63) is 18.2 Å². The summed E-state index contributed by atoms with van der Waals surface area (Å²) in [4.78, 5) is 32.6. The normalized spacial score (nSPS) is 23.7. The van der Waals surface area contributed by atoms with Crippen molar-refractivity contribution in [3.63, 3.8) is 0 Å². The minimum absolute atomic E-state index is 0.0576. The Hall–Kier alpha value is -2.73. The summed E-state index contributed by atoms with van der Waals surface area (Å²) in [7, 11) is 0. The smallest absolute Gasteiger partial charge is 0.323 e. The van der Waals surface area contributed by atoms with E-state index in [4.69, 9.17) is 5.11 Å². The first kappa shape index (κ1) is 21.5. The monoisotopic (exact) mass is 433 g/mol. The number of hydrogen-bond donors (Lipinski definition) is 6. The first-order chi connectivity index (χ1) is 14.9. The van der Waals surface area contributed by atoms with E-state index in [-0.39, 0.29) is 12.3 Å². The predicted molar refractivity (Wildman–Crippen MR) is 113 cm³/mol. The summed E-state index contributed by atoms with van der Waals surface area (Å²) in [6.07, 6.45) is -2.20. The molecule has 2 saturated heterocycles. The number of fused-ring (bicyclic) bond motifs is 2. The van der Waals surface area contributed by atoms with Crippen molar-refractivity contribution in [2.24, 2.45) is 4.99 Å². The number of benzene rings is 1. The maximum absolute atomic E-state index is 12.4. The van der Waals surface area contributed by atoms with Crippen LogP contribution in [-0.4, -0.2) is 88.8 Å². The van der Waals surface area contributed by atoms with Crippen molar-refractivity contribution in [2.75, 3.05) is 36.0 Å². The molecule has 4 rings (SSSR count). The molecule has 0 saturated carbocycles. The first-order valence-corrected chi connectivity index (χ1v) is 10.4. The number of imide groups is 1. The summed E-state index contributed by atoms with van der Waals surface area (Å²) < 4.78 is 0. The molecule has 0 aliphatic carbocycles. The van der Waals surface area contributed by atoms with E-state index in [9.17, 15) is 24.9 Å². The van der Waals surface area contributed by atoms with E-state index in [1.165, 1.54) is 6.42 Å². The average molecular weight is 433 g/mol. The molecule has 3 aliphatic heterocycles. The van der Waals surface area contributed by atoms with E-state index in [2.05, 4.69) is 20.5 Å². The van der Waals surface area contributed by atoms with Crippen LogP contribution in [0.3, 0.4) is 0 Å². The number of aliphatic hydroxyl groups is 4. The summed E-state index contributed by atoms with van der Waals surface area (Å²) in [6.45, 7) is 0.898. The topological polar surface area (TPSA) is 158 Å². The number of rotatable bonds is 6. The minimum Gasteiger partial charge on any atom is -0.394 e. The summed E-state index contributed by atoms with van der Waals surface area (Å²) in [5.74, 6) is -0.644. The van der Waals surface area contributed by atoms with Gasteiger partial charge in [-0.1, -0.05) is 0 Å². The van der Waals surface area contributed by atoms with Gasteiger partial charge in [0.15, 0.2) is 6.17 Å². The molecule has 0 spiro atoms. The molecule has 11 nitrogen and oxygen atoms in total. The van der Waals surface area contributed by atoms with Crippen molar-refractivity contribution in [3.8, 4) is 0 Å². The van der Waals surface area contributed by atoms with E-state index >= 15 is 0 Å². The third-order valence-electron chi connectivity index (χ3n) is 5.89. The summed E-state index contributed by atoms with van der Waals surface area (Å²) in [5, 5.41) is 44.2. The predicted octanol–water partition coefficient (Wildman–Crippen LogP) is -1.19. The second-order valence-corrected chi connectivity index (χ2v) is 8.01. The quantitative estimate of drug-likeness (QED) is 0.327. The lowest BCUT2D eigenvalue weighted by Crippen LogP contribution is -2.67. The van der Waals surface area contributed by atoms with Gasteiger partial charge in [0.2, 0.25) is 0 Å². The molecule has 4 atom stereocenters. The second kappa shape index (κ2) is 8.79. The molecule has 0 unspecified atom stereocenters. The standard InChI is InChI=1S/C20H27N5O6/c26-10-15(28)17(29)14(27)9-25-13-8-11(24-6-2-1-3-7-24)4-5-12(13)21-16-18(25)22-20(31)23-19(16)30/h4-5,8,14-15,17-18,26-29H,1-3,6-7,9-10H2,(H2,22,23,30,31)/t14-,15-,17-,18-/m0/s1. The van der Waals surface area contributed by atoms with Crippen molar-refractivity contribution in [2.45, 2.75) is 43.7 Å². The maximum Gasteiger partial charge on any atom is 0.323 e. The van der Waals surface area contributed by atoms with Crippen LogP contribution < -0.4 is 20.4 Å². The molecule has 0 bridgehead atoms. The highest BCUT2D eigenvalue weighted by molar-refractivity contribution is 6.46. The van der Waals surface area contributed by atoms with Crippen LogP contribution in [0.25, 0.3) is 0 Å². The molecule has 168 valence electrons. The lowest BCUT2D eigenvalue weighted by Gasteiger charge is -2.42. The van der Waals surface area contributed by atoms with Gasteiger partial charge in [0.1, 0.15) is 24.0 Å². The highest BCUT2D eigenvalue weighted by Crippen LogP contribution is 2.38. The van der Waals surface area contributed by atoms with Gasteiger partial charge in [0.05, 0.1) is 18.0 Å². The molecule has 31 heavy (non-hydrogen) atoms. The fraction of sp³-hybridized carbons (Fsp3) is 0.550. The number of carbonyl (C=O) groups is 2. The van der Waals surface area contributed by atoms with Gasteiger partial charge in [0.25, 0.3) is 5.91 Å². The zero-order chi connectivity index (χ0) is 22.1. The number of anilines is 2. The SMILES string of the molecule is O=C1NC(=O)C2=Nc3ccc(N4CCCCC4)cc3N(C[C@H](O)[C@H](O)[C@@H](O)CO)[C@@H]2N1. The minimum atomic E-state index is -1.62. The van der Waals surface area contributed by atoms with Gasteiger partial charge in [-0.2, -0.15) is 0 Å². The number of aliphatic imine (C=N–C) groups is 1. The molecule has 6 N–H and O–H groups in total. The van der Waals surface area contributed by atoms with Crippen LogP contribution in [0.5, 0.6) is 0 Å². The largest absolute Gasteiger partial charge is 0.394 e. The van der Waals surface area contributed by atoms with E-state index in [0.717, 1.165) is 31.6 Å². The van der Waals surface area contributed by atoms with E-state index in [1.807, 2.05) is 12.1 Å². The number of piperidine rings is 1. The number of carbonyl (C=O) groups excluding carboxylic acids is 2. The van der Waals surface area contributed by atoms with Crippen molar-refractivity contribution < 1.29 is 30.0 Å². The van der Waals surface area contributed by atoms with Gasteiger partial charge in [-0.05, 0) is 37.5 Å². The molecule has 1 aromatic rings. The molecule has 2 fully saturated rings. The van der Waals surface area contributed by atoms with Crippen molar-refractivity contribution >= 4 is 34.7 Å². The lowest BCUT2D eigenvalue weighted by atomic mass is 10.0. The van der Waals surface area contributed by atoms with E-state index < -0.39 is 43.0 Å². The Balaban J connectivity index is 1.71. The van der Waals surface area contributed by atoms with E-state index in [0.29, 0.717) is 11.4 Å². The van der Waals surface area contributed by atoms with Gasteiger partial charge >= 0.3 is 6.03 Å². The highest BCUT2D eigenvalue weighted by Gasteiger charge is 2.41. The number of urea groups is 1. The molecule has 3 heterocycles. The van der Waals surface area contributed by atoms with E-state index in [1.54, 1.807) is 11.0 Å². The third-order valence-corrected chi connectivity index (χ3v) is 5.89. The Labute approximate surface area is 179 Å². The molecule has 3 aliphatic rings. The molecular weight excluding hydrogens is 406 g/mol. The molecule has 3 amide bonds. The number of hydrogen-bond acceptors (Lipinski definition) is 9. The van der Waals surface area contributed by atoms with Gasteiger partial charge in [-0.15, -0.1) is 0 Å². The number of β-amino-alcohol motifs (C(OH)–C–C–N with tert-alkyl or cyclic N) is 1. The van der Waals surface area contributed by atoms with Gasteiger partial charge in [-0.25, -0.2) is 9.79 Å². The second-order valence-electron chi connectivity index (χ2n) is 8.01. The van der Waals surface area contributed by atoms with Gasteiger partial charge < -0.3 is 35.5 Å². The lowest BCUT2D eigenvalue weighted by molar-refractivity contribution is -0.114. The molecule has 11 heteroatoms. The third kappa shape index (κ3) is 4.22. The van der Waals surface area contributed by atoms with Crippen LogP contribution in [0.1, 0.15) is 19.3 Å². The Morgan fingerprint density at radius 2 is 1.84 bits per heavy atom. The number of nitrogens with one attached hydrogen (secondary N) is 2. The Morgan fingerprint density at radius 3 is 2.55 bits per heavy atom. The first-order valence-electron chi connectivity index (χ1n) is 10.4. The van der Waals surface area contributed by atoms with Crippen LogP contribution in [0.4, 0.5) is 21.9 Å². The summed E-state index contributed by atoms with van der Waals surface area (Å²) >= 11 is 0. The van der Waals surface area contributed by atoms with Crippen molar-refractivity contribution in [1.82, 2.24) is 10.6 Å².